The molecule has 0 aliphatic carbocycles. The van der Waals surface area contributed by atoms with E-state index in [0.29, 0.717) is 0 Å². The number of aliphatic hydroxyl groups is 1. The summed E-state index contributed by atoms with van der Waals surface area (Å²) in [6.45, 7) is 2.63. The van der Waals surface area contributed by atoms with E-state index < -0.39 is 0 Å². The quantitative estimate of drug-likeness (QED) is 0.805. The summed E-state index contributed by atoms with van der Waals surface area (Å²) in [6, 6.07) is 18.3. The van der Waals surface area contributed by atoms with E-state index in [1.807, 2.05) is 48.5 Å². The van der Waals surface area contributed by atoms with Crippen molar-refractivity contribution in [3.63, 3.8) is 0 Å². The van der Waals surface area contributed by atoms with E-state index >= 15 is 0 Å². The summed E-state index contributed by atoms with van der Waals surface area (Å²) in [4.78, 5) is 12.0. The summed E-state index contributed by atoms with van der Waals surface area (Å²) in [6.07, 6.45) is 1.53. The zero-order chi connectivity index (χ0) is 16.4. The Bertz CT molecular complexity index is 827. The molecule has 0 unspecified atom stereocenters. The molecule has 4 heteroatoms. The number of aromatic nitrogens is 2. The predicted molar refractivity (Wildman–Crippen MR) is 95.5 cm³/mol. The average Bonchev–Trinajstić information content (AvgIpc) is 2.64. The van der Waals surface area contributed by atoms with Crippen LogP contribution in [0.5, 0.6) is 0 Å². The first-order chi connectivity index (χ1) is 11.8. The Kier molecular flexibility index (Phi) is 4.24. The summed E-state index contributed by atoms with van der Waals surface area (Å²) in [5.74, 6) is 0.779. The van der Waals surface area contributed by atoms with Crippen LogP contribution in [0.2, 0.25) is 0 Å². The smallest absolute Gasteiger partial charge is 0.160 e. The lowest BCUT2D eigenvalue weighted by molar-refractivity contribution is 0.0789. The third kappa shape index (κ3) is 3.16. The molecular weight excluding hydrogens is 298 g/mol. The molecule has 0 amide bonds. The first-order valence-electron chi connectivity index (χ1n) is 8.51. The number of benzene rings is 2. The molecule has 4 nitrogen and oxygen atoms in total. The molecule has 1 fully saturated rings. The Balaban J connectivity index is 1.72. The Morgan fingerprint density at radius 2 is 1.62 bits per heavy atom. The largest absolute Gasteiger partial charge is 0.393 e. The van der Waals surface area contributed by atoms with E-state index in [0.717, 1.165) is 60.5 Å². The molecular formula is C20H21N3O. The maximum absolute atomic E-state index is 9.71. The number of piperidine rings is 1. The van der Waals surface area contributed by atoms with Gasteiger partial charge in [-0.05, 0) is 18.9 Å². The van der Waals surface area contributed by atoms with E-state index in [1.165, 1.54) is 0 Å². The lowest BCUT2D eigenvalue weighted by Crippen LogP contribution is -2.35. The third-order valence-corrected chi connectivity index (χ3v) is 4.64. The van der Waals surface area contributed by atoms with Crippen LogP contribution in [0.15, 0.2) is 54.6 Å². The highest BCUT2D eigenvalue weighted by Gasteiger charge is 2.19. The predicted octanol–water partition coefficient (Wildman–Crippen LogP) is 3.25. The van der Waals surface area contributed by atoms with Crippen LogP contribution in [0.4, 0.5) is 0 Å². The van der Waals surface area contributed by atoms with Gasteiger partial charge in [-0.25, -0.2) is 9.97 Å². The number of rotatable bonds is 3. The summed E-state index contributed by atoms with van der Waals surface area (Å²) in [7, 11) is 0. The standard InChI is InChI=1S/C20H21N3O/c24-16-10-12-23(13-11-16)14-19-17-8-4-5-9-18(17)21-20(22-19)15-6-2-1-3-7-15/h1-9,16,24H,10-14H2. The summed E-state index contributed by atoms with van der Waals surface area (Å²) in [5.41, 5.74) is 3.09. The summed E-state index contributed by atoms with van der Waals surface area (Å²) < 4.78 is 0. The highest BCUT2D eigenvalue weighted by molar-refractivity contribution is 5.82. The number of likely N-dealkylation sites (tertiary alicyclic amines) is 1. The number of hydrogen-bond acceptors (Lipinski definition) is 4. The van der Waals surface area contributed by atoms with Gasteiger partial charge in [0.1, 0.15) is 0 Å². The fourth-order valence-corrected chi connectivity index (χ4v) is 3.27. The van der Waals surface area contributed by atoms with Gasteiger partial charge < -0.3 is 5.11 Å². The average molecular weight is 319 g/mol. The molecule has 1 aromatic heterocycles. The van der Waals surface area contributed by atoms with Crippen molar-refractivity contribution in [2.24, 2.45) is 0 Å². The molecule has 1 N–H and O–H groups in total. The minimum atomic E-state index is -0.150. The minimum Gasteiger partial charge on any atom is -0.393 e. The van der Waals surface area contributed by atoms with Gasteiger partial charge in [0.05, 0.1) is 17.3 Å². The van der Waals surface area contributed by atoms with Gasteiger partial charge in [-0.15, -0.1) is 0 Å². The zero-order valence-electron chi connectivity index (χ0n) is 13.6. The molecule has 4 rings (SSSR count). The molecule has 1 saturated heterocycles. The molecule has 0 radical (unpaired) electrons. The van der Waals surface area contributed by atoms with Crippen molar-refractivity contribution in [2.75, 3.05) is 13.1 Å². The second kappa shape index (κ2) is 6.67. The third-order valence-electron chi connectivity index (χ3n) is 4.64. The fraction of sp³-hybridized carbons (Fsp3) is 0.300. The molecule has 0 spiro atoms. The van der Waals surface area contributed by atoms with Crippen molar-refractivity contribution in [3.05, 3.63) is 60.3 Å². The van der Waals surface area contributed by atoms with Crippen LogP contribution in [0.1, 0.15) is 18.5 Å². The second-order valence-corrected chi connectivity index (χ2v) is 6.38. The topological polar surface area (TPSA) is 49.2 Å². The van der Waals surface area contributed by atoms with Gasteiger partial charge >= 0.3 is 0 Å². The van der Waals surface area contributed by atoms with Crippen molar-refractivity contribution >= 4 is 10.9 Å². The van der Waals surface area contributed by atoms with Crippen LogP contribution in [0.25, 0.3) is 22.3 Å². The van der Waals surface area contributed by atoms with Crippen LogP contribution >= 0.6 is 0 Å². The van der Waals surface area contributed by atoms with Crippen molar-refractivity contribution in [2.45, 2.75) is 25.5 Å². The van der Waals surface area contributed by atoms with Crippen molar-refractivity contribution < 1.29 is 5.11 Å². The van der Waals surface area contributed by atoms with Crippen molar-refractivity contribution in [1.29, 1.82) is 0 Å². The van der Waals surface area contributed by atoms with Crippen LogP contribution in [-0.2, 0) is 6.54 Å². The van der Waals surface area contributed by atoms with Gasteiger partial charge in [-0.2, -0.15) is 0 Å². The summed E-state index contributed by atoms with van der Waals surface area (Å²) in [5, 5.41) is 10.8. The first-order valence-corrected chi connectivity index (χ1v) is 8.51. The second-order valence-electron chi connectivity index (χ2n) is 6.38. The Labute approximate surface area is 141 Å². The molecule has 1 aliphatic heterocycles. The van der Waals surface area contributed by atoms with E-state index in [4.69, 9.17) is 9.97 Å². The molecule has 0 bridgehead atoms. The molecule has 0 saturated carbocycles. The van der Waals surface area contributed by atoms with Crippen LogP contribution < -0.4 is 0 Å². The van der Waals surface area contributed by atoms with Crippen LogP contribution in [-0.4, -0.2) is 39.2 Å². The number of hydrogen-bond donors (Lipinski definition) is 1. The van der Waals surface area contributed by atoms with E-state index in [2.05, 4.69) is 11.0 Å². The monoisotopic (exact) mass is 319 g/mol. The zero-order valence-corrected chi connectivity index (χ0v) is 13.6. The highest BCUT2D eigenvalue weighted by Crippen LogP contribution is 2.23. The van der Waals surface area contributed by atoms with Crippen LogP contribution in [0, 0.1) is 0 Å². The summed E-state index contributed by atoms with van der Waals surface area (Å²) >= 11 is 0. The SMILES string of the molecule is OC1CCN(Cc2nc(-c3ccccc3)nc3ccccc23)CC1. The molecule has 2 heterocycles. The fourth-order valence-electron chi connectivity index (χ4n) is 3.27. The Morgan fingerprint density at radius 3 is 2.42 bits per heavy atom. The highest BCUT2D eigenvalue weighted by atomic mass is 16.3. The lowest BCUT2D eigenvalue weighted by Gasteiger charge is -2.29. The Morgan fingerprint density at radius 1 is 0.917 bits per heavy atom. The van der Waals surface area contributed by atoms with Crippen molar-refractivity contribution in [3.8, 4) is 11.4 Å². The van der Waals surface area contributed by atoms with E-state index in [9.17, 15) is 5.11 Å². The number of para-hydroxylation sites is 1. The first kappa shape index (κ1) is 15.2. The van der Waals surface area contributed by atoms with Crippen LogP contribution in [0.3, 0.4) is 0 Å². The molecule has 2 aromatic carbocycles. The Hall–Kier alpha value is -2.30. The lowest BCUT2D eigenvalue weighted by atomic mass is 10.1. The number of aliphatic hydroxyl groups excluding tert-OH is 1. The van der Waals surface area contributed by atoms with Crippen molar-refractivity contribution in [1.82, 2.24) is 14.9 Å². The van der Waals surface area contributed by atoms with Gasteiger partial charge in [0, 0.05) is 30.6 Å². The maximum Gasteiger partial charge on any atom is 0.160 e. The van der Waals surface area contributed by atoms with Gasteiger partial charge in [-0.1, -0.05) is 48.5 Å². The molecule has 0 atom stereocenters. The molecule has 122 valence electrons. The molecule has 3 aromatic rings. The molecule has 1 aliphatic rings. The normalized spacial score (nSPS) is 16.5. The van der Waals surface area contributed by atoms with E-state index in [-0.39, 0.29) is 6.10 Å². The van der Waals surface area contributed by atoms with Gasteiger partial charge in [-0.3, -0.25) is 4.90 Å². The van der Waals surface area contributed by atoms with Gasteiger partial charge in [0.2, 0.25) is 0 Å². The molecule has 24 heavy (non-hydrogen) atoms. The maximum atomic E-state index is 9.71. The van der Waals surface area contributed by atoms with E-state index in [1.54, 1.807) is 0 Å². The number of fused-ring (bicyclic) bond motifs is 1. The van der Waals surface area contributed by atoms with Gasteiger partial charge in [0.15, 0.2) is 5.82 Å². The number of nitrogens with zero attached hydrogens (tertiary/aromatic N) is 3. The minimum absolute atomic E-state index is 0.150. The van der Waals surface area contributed by atoms with Gasteiger partial charge in [0.25, 0.3) is 0 Å².